The highest BCUT2D eigenvalue weighted by atomic mass is 35.5. The Balaban J connectivity index is 2.24. The molecule has 4 nitrogen and oxygen atoms in total. The fraction of sp³-hybridized carbons (Fsp3) is 0.462. The average molecular weight is 305 g/mol. The van der Waals surface area contributed by atoms with Crippen LogP contribution in [0.2, 0.25) is 10.0 Å². The number of hydrogen-bond donors (Lipinski definition) is 3. The molecule has 0 bridgehead atoms. The molecule has 106 valence electrons. The molecule has 0 aliphatic rings. The van der Waals surface area contributed by atoms with E-state index >= 15 is 0 Å². The number of benzene rings is 1. The molecule has 0 unspecified atom stereocenters. The zero-order valence-corrected chi connectivity index (χ0v) is 12.3. The molecule has 1 atom stereocenters. The Kier molecular flexibility index (Phi) is 7.16. The van der Waals surface area contributed by atoms with Crippen LogP contribution in [-0.4, -0.2) is 36.8 Å². The lowest BCUT2D eigenvalue weighted by atomic mass is 10.1. The molecule has 0 aromatic heterocycles. The third-order valence-corrected chi connectivity index (χ3v) is 3.04. The van der Waals surface area contributed by atoms with Gasteiger partial charge in [0.1, 0.15) is 0 Å². The van der Waals surface area contributed by atoms with Crippen molar-refractivity contribution < 1.29 is 9.90 Å². The number of nitrogens with one attached hydrogen (secondary N) is 2. The molecule has 0 fully saturated rings. The first-order chi connectivity index (χ1) is 8.99. The Bertz CT molecular complexity index is 425. The minimum atomic E-state index is -0.458. The minimum absolute atomic E-state index is 0.106. The molecule has 0 aliphatic carbocycles. The summed E-state index contributed by atoms with van der Waals surface area (Å²) >= 11 is 11.8. The van der Waals surface area contributed by atoms with E-state index in [0.717, 1.165) is 5.56 Å². The van der Waals surface area contributed by atoms with Gasteiger partial charge in [0.15, 0.2) is 0 Å². The molecule has 0 heterocycles. The van der Waals surface area contributed by atoms with Crippen molar-refractivity contribution in [1.29, 1.82) is 0 Å². The van der Waals surface area contributed by atoms with Crippen molar-refractivity contribution in [1.82, 2.24) is 10.6 Å². The highest BCUT2D eigenvalue weighted by Crippen LogP contribution is 2.20. The van der Waals surface area contributed by atoms with Crippen molar-refractivity contribution in [3.63, 3.8) is 0 Å². The van der Waals surface area contributed by atoms with Crippen LogP contribution in [0.4, 0.5) is 0 Å². The SMILES string of the molecule is C[C@H](O)CNCC(=O)NCCc1ccc(Cl)cc1Cl. The standard InChI is InChI=1S/C13H18Cl2N2O2/c1-9(18)7-16-8-13(19)17-5-4-10-2-3-11(14)6-12(10)15/h2-3,6,9,16,18H,4-5,7-8H2,1H3,(H,17,19)/t9-/m0/s1. The number of halogens is 2. The van der Waals surface area contributed by atoms with Crippen LogP contribution in [0.25, 0.3) is 0 Å². The third kappa shape index (κ3) is 6.78. The van der Waals surface area contributed by atoms with Crippen LogP contribution in [0.1, 0.15) is 12.5 Å². The zero-order valence-electron chi connectivity index (χ0n) is 10.7. The molecule has 19 heavy (non-hydrogen) atoms. The van der Waals surface area contributed by atoms with Gasteiger partial charge in [0, 0.05) is 23.1 Å². The molecule has 0 aliphatic heterocycles. The van der Waals surface area contributed by atoms with E-state index in [2.05, 4.69) is 10.6 Å². The highest BCUT2D eigenvalue weighted by molar-refractivity contribution is 6.35. The second kappa shape index (κ2) is 8.38. The van der Waals surface area contributed by atoms with Crippen LogP contribution in [0.5, 0.6) is 0 Å². The first-order valence-electron chi connectivity index (χ1n) is 6.08. The highest BCUT2D eigenvalue weighted by Gasteiger charge is 2.04. The van der Waals surface area contributed by atoms with E-state index in [1.807, 2.05) is 6.07 Å². The fourth-order valence-corrected chi connectivity index (χ4v) is 2.02. The van der Waals surface area contributed by atoms with Crippen LogP contribution in [0.15, 0.2) is 18.2 Å². The molecule has 3 N–H and O–H groups in total. The van der Waals surface area contributed by atoms with Crippen LogP contribution < -0.4 is 10.6 Å². The van der Waals surface area contributed by atoms with E-state index < -0.39 is 6.10 Å². The molecule has 0 spiro atoms. The molecule has 0 saturated heterocycles. The molecule has 1 rings (SSSR count). The maximum Gasteiger partial charge on any atom is 0.233 e. The summed E-state index contributed by atoms with van der Waals surface area (Å²) in [7, 11) is 0. The number of aliphatic hydroxyl groups is 1. The van der Waals surface area contributed by atoms with E-state index in [-0.39, 0.29) is 12.5 Å². The zero-order chi connectivity index (χ0) is 14.3. The number of aliphatic hydroxyl groups excluding tert-OH is 1. The summed E-state index contributed by atoms with van der Waals surface area (Å²) in [6, 6.07) is 5.31. The predicted molar refractivity (Wildman–Crippen MR) is 77.7 cm³/mol. The number of carbonyl (C=O) groups is 1. The fourth-order valence-electron chi connectivity index (χ4n) is 1.52. The second-order valence-corrected chi connectivity index (χ2v) is 5.16. The second-order valence-electron chi connectivity index (χ2n) is 4.32. The molecular weight excluding hydrogens is 287 g/mol. The molecule has 0 radical (unpaired) electrons. The van der Waals surface area contributed by atoms with Gasteiger partial charge in [-0.15, -0.1) is 0 Å². The van der Waals surface area contributed by atoms with Gasteiger partial charge < -0.3 is 15.7 Å². The lowest BCUT2D eigenvalue weighted by molar-refractivity contribution is -0.120. The Morgan fingerprint density at radius 1 is 1.42 bits per heavy atom. The van der Waals surface area contributed by atoms with E-state index in [4.69, 9.17) is 28.3 Å². The van der Waals surface area contributed by atoms with E-state index in [0.29, 0.717) is 29.6 Å². The Morgan fingerprint density at radius 2 is 2.16 bits per heavy atom. The van der Waals surface area contributed by atoms with Crippen molar-refractivity contribution in [2.45, 2.75) is 19.4 Å². The van der Waals surface area contributed by atoms with E-state index in [1.165, 1.54) is 0 Å². The topological polar surface area (TPSA) is 61.4 Å². The van der Waals surface area contributed by atoms with Crippen LogP contribution in [0, 0.1) is 0 Å². The van der Waals surface area contributed by atoms with Gasteiger partial charge in [-0.25, -0.2) is 0 Å². The van der Waals surface area contributed by atoms with Gasteiger partial charge in [0.25, 0.3) is 0 Å². The number of rotatable bonds is 7. The first-order valence-corrected chi connectivity index (χ1v) is 6.84. The molecular formula is C13H18Cl2N2O2. The quantitative estimate of drug-likeness (QED) is 0.717. The lowest BCUT2D eigenvalue weighted by Gasteiger charge is -2.09. The lowest BCUT2D eigenvalue weighted by Crippen LogP contribution is -2.37. The Labute approximate surface area is 123 Å². The van der Waals surface area contributed by atoms with Crippen LogP contribution in [-0.2, 0) is 11.2 Å². The summed E-state index contributed by atoms with van der Waals surface area (Å²) in [5, 5.41) is 15.8. The van der Waals surface area contributed by atoms with Crippen molar-refractivity contribution >= 4 is 29.1 Å². The van der Waals surface area contributed by atoms with Crippen molar-refractivity contribution in [3.8, 4) is 0 Å². The normalized spacial score (nSPS) is 12.2. The van der Waals surface area contributed by atoms with E-state index in [1.54, 1.807) is 19.1 Å². The van der Waals surface area contributed by atoms with Gasteiger partial charge in [-0.05, 0) is 31.0 Å². The summed E-state index contributed by atoms with van der Waals surface area (Å²) in [6.07, 6.45) is 0.193. The predicted octanol–water partition coefficient (Wildman–Crippen LogP) is 1.62. The van der Waals surface area contributed by atoms with Crippen molar-refractivity contribution in [2.75, 3.05) is 19.6 Å². The maximum absolute atomic E-state index is 11.4. The summed E-state index contributed by atoms with van der Waals surface area (Å²) in [4.78, 5) is 11.4. The van der Waals surface area contributed by atoms with Gasteiger partial charge in [0.2, 0.25) is 5.91 Å². The Morgan fingerprint density at radius 3 is 2.79 bits per heavy atom. The number of amides is 1. The van der Waals surface area contributed by atoms with Gasteiger partial charge in [0.05, 0.1) is 12.6 Å². The van der Waals surface area contributed by atoms with Crippen molar-refractivity contribution in [2.24, 2.45) is 0 Å². The summed E-state index contributed by atoms with van der Waals surface area (Å²) in [5.74, 6) is -0.106. The Hall–Kier alpha value is -0.810. The monoisotopic (exact) mass is 304 g/mol. The smallest absolute Gasteiger partial charge is 0.233 e. The maximum atomic E-state index is 11.4. The van der Waals surface area contributed by atoms with E-state index in [9.17, 15) is 4.79 Å². The molecule has 0 saturated carbocycles. The first kappa shape index (κ1) is 16.2. The molecule has 1 amide bonds. The number of carbonyl (C=O) groups excluding carboxylic acids is 1. The van der Waals surface area contributed by atoms with Crippen LogP contribution in [0.3, 0.4) is 0 Å². The largest absolute Gasteiger partial charge is 0.392 e. The van der Waals surface area contributed by atoms with Crippen molar-refractivity contribution in [3.05, 3.63) is 33.8 Å². The average Bonchev–Trinajstić information content (AvgIpc) is 2.31. The minimum Gasteiger partial charge on any atom is -0.392 e. The summed E-state index contributed by atoms with van der Waals surface area (Å²) in [6.45, 7) is 2.76. The third-order valence-electron chi connectivity index (χ3n) is 2.46. The molecule has 1 aromatic rings. The summed E-state index contributed by atoms with van der Waals surface area (Å²) in [5.41, 5.74) is 0.948. The molecule has 6 heteroatoms. The van der Waals surface area contributed by atoms with Gasteiger partial charge in [-0.3, -0.25) is 4.79 Å². The van der Waals surface area contributed by atoms with Gasteiger partial charge in [-0.1, -0.05) is 29.3 Å². The van der Waals surface area contributed by atoms with Gasteiger partial charge >= 0.3 is 0 Å². The van der Waals surface area contributed by atoms with Gasteiger partial charge in [-0.2, -0.15) is 0 Å². The summed E-state index contributed by atoms with van der Waals surface area (Å²) < 4.78 is 0. The number of hydrogen-bond acceptors (Lipinski definition) is 3. The van der Waals surface area contributed by atoms with Crippen LogP contribution >= 0.6 is 23.2 Å². The molecule has 1 aromatic carbocycles.